The second-order valence-electron chi connectivity index (χ2n) is 6.78. The minimum absolute atomic E-state index is 0.133. The van der Waals surface area contributed by atoms with Gasteiger partial charge in [-0.25, -0.2) is 8.42 Å². The van der Waals surface area contributed by atoms with Crippen molar-refractivity contribution in [2.24, 2.45) is 0 Å². The molecule has 0 N–H and O–H groups in total. The van der Waals surface area contributed by atoms with Gasteiger partial charge in [0.2, 0.25) is 10.0 Å². The van der Waals surface area contributed by atoms with Crippen molar-refractivity contribution >= 4 is 21.6 Å². The molecule has 0 spiro atoms. The number of sulfonamides is 1. The summed E-state index contributed by atoms with van der Waals surface area (Å²) in [5.41, 5.74) is 3.11. The van der Waals surface area contributed by atoms with E-state index in [0.29, 0.717) is 16.5 Å². The van der Waals surface area contributed by atoms with Crippen LogP contribution in [-0.2, 0) is 10.0 Å². The van der Waals surface area contributed by atoms with Crippen molar-refractivity contribution in [3.05, 3.63) is 64.2 Å². The van der Waals surface area contributed by atoms with Gasteiger partial charge >= 0.3 is 0 Å². The fourth-order valence-corrected chi connectivity index (χ4v) is 5.29. The van der Waals surface area contributed by atoms with Crippen LogP contribution in [0.4, 0.5) is 0 Å². The Balaban J connectivity index is 2.02. The lowest BCUT2D eigenvalue weighted by Crippen LogP contribution is -2.34. The van der Waals surface area contributed by atoms with Crippen LogP contribution >= 0.6 is 11.6 Å². The highest BCUT2D eigenvalue weighted by Gasteiger charge is 2.33. The first-order valence-corrected chi connectivity index (χ1v) is 10.6. The molecule has 5 heteroatoms. The summed E-state index contributed by atoms with van der Waals surface area (Å²) in [6, 6.07) is 12.8. The second kappa shape index (κ2) is 7.48. The molecule has 134 valence electrons. The molecule has 3 nitrogen and oxygen atoms in total. The van der Waals surface area contributed by atoms with Crippen molar-refractivity contribution < 1.29 is 8.42 Å². The highest BCUT2D eigenvalue weighted by Crippen LogP contribution is 2.35. The molecule has 3 rings (SSSR count). The summed E-state index contributed by atoms with van der Waals surface area (Å²) >= 11 is 6.01. The van der Waals surface area contributed by atoms with Crippen LogP contribution in [-0.4, -0.2) is 19.3 Å². The van der Waals surface area contributed by atoms with Gasteiger partial charge in [-0.15, -0.1) is 0 Å². The number of benzene rings is 2. The van der Waals surface area contributed by atoms with Crippen LogP contribution in [0.15, 0.2) is 47.4 Å². The molecule has 0 amide bonds. The van der Waals surface area contributed by atoms with E-state index < -0.39 is 10.0 Å². The fourth-order valence-electron chi connectivity index (χ4n) is 3.40. The smallest absolute Gasteiger partial charge is 0.207 e. The van der Waals surface area contributed by atoms with Crippen LogP contribution in [0.5, 0.6) is 0 Å². The third kappa shape index (κ3) is 3.91. The minimum Gasteiger partial charge on any atom is -0.207 e. The van der Waals surface area contributed by atoms with Crippen LogP contribution in [0.25, 0.3) is 0 Å². The van der Waals surface area contributed by atoms with E-state index in [4.69, 9.17) is 11.6 Å². The molecule has 1 heterocycles. The van der Waals surface area contributed by atoms with Gasteiger partial charge in [-0.1, -0.05) is 42.6 Å². The molecule has 0 saturated carbocycles. The quantitative estimate of drug-likeness (QED) is 0.731. The van der Waals surface area contributed by atoms with Gasteiger partial charge in [0.25, 0.3) is 0 Å². The van der Waals surface area contributed by atoms with E-state index >= 15 is 0 Å². The second-order valence-corrected chi connectivity index (χ2v) is 9.11. The van der Waals surface area contributed by atoms with E-state index in [1.54, 1.807) is 16.4 Å². The molecule has 1 atom stereocenters. The van der Waals surface area contributed by atoms with Crippen LogP contribution in [0.1, 0.15) is 48.4 Å². The summed E-state index contributed by atoms with van der Waals surface area (Å²) in [5, 5.41) is 0.668. The van der Waals surface area contributed by atoms with E-state index in [0.717, 1.165) is 42.4 Å². The molecule has 1 aliphatic rings. The number of halogens is 1. The molecule has 2 aromatic rings. The van der Waals surface area contributed by atoms with Crippen molar-refractivity contribution in [3.8, 4) is 0 Å². The Labute approximate surface area is 155 Å². The van der Waals surface area contributed by atoms with Gasteiger partial charge in [-0.3, -0.25) is 0 Å². The first kappa shape index (κ1) is 18.4. The molecule has 1 saturated heterocycles. The summed E-state index contributed by atoms with van der Waals surface area (Å²) < 4.78 is 28.4. The first-order valence-electron chi connectivity index (χ1n) is 8.74. The maximum Gasteiger partial charge on any atom is 0.243 e. The summed E-state index contributed by atoms with van der Waals surface area (Å²) in [7, 11) is -3.53. The summed E-state index contributed by atoms with van der Waals surface area (Å²) in [5.74, 6) is 0. The topological polar surface area (TPSA) is 37.4 Å². The van der Waals surface area contributed by atoms with Gasteiger partial charge < -0.3 is 0 Å². The van der Waals surface area contributed by atoms with Crippen molar-refractivity contribution in [2.45, 2.75) is 50.5 Å². The molecule has 2 aromatic carbocycles. The van der Waals surface area contributed by atoms with E-state index in [1.165, 1.54) is 0 Å². The van der Waals surface area contributed by atoms with Gasteiger partial charge in [0.15, 0.2) is 0 Å². The predicted molar refractivity (Wildman–Crippen MR) is 102 cm³/mol. The molecular weight excluding hydrogens is 354 g/mol. The lowest BCUT2D eigenvalue weighted by molar-refractivity contribution is 0.329. The molecule has 0 aromatic heterocycles. The molecule has 0 radical (unpaired) electrons. The van der Waals surface area contributed by atoms with Crippen LogP contribution in [0.3, 0.4) is 0 Å². The molecule has 1 aliphatic heterocycles. The Hall–Kier alpha value is -1.36. The maximum atomic E-state index is 13.4. The zero-order valence-electron chi connectivity index (χ0n) is 14.7. The van der Waals surface area contributed by atoms with E-state index in [2.05, 4.69) is 0 Å². The highest BCUT2D eigenvalue weighted by atomic mass is 35.5. The number of hydrogen-bond donors (Lipinski definition) is 0. The summed E-state index contributed by atoms with van der Waals surface area (Å²) in [6.45, 7) is 4.50. The molecule has 25 heavy (non-hydrogen) atoms. The van der Waals surface area contributed by atoms with E-state index in [-0.39, 0.29) is 6.04 Å². The molecular formula is C20H24ClNO2S. The maximum absolute atomic E-state index is 13.4. The normalized spacial score (nSPS) is 19.6. The SMILES string of the molecule is Cc1ccc(S(=O)(=O)N2CCCCC[C@H]2c2ccc(Cl)cc2)cc1C. The van der Waals surface area contributed by atoms with E-state index in [1.807, 2.05) is 44.2 Å². The van der Waals surface area contributed by atoms with E-state index in [9.17, 15) is 8.42 Å². The molecule has 0 unspecified atom stereocenters. The number of hydrogen-bond acceptors (Lipinski definition) is 2. The minimum atomic E-state index is -3.53. The zero-order valence-corrected chi connectivity index (χ0v) is 16.3. The van der Waals surface area contributed by atoms with Gasteiger partial charge in [-0.2, -0.15) is 4.31 Å². The largest absolute Gasteiger partial charge is 0.243 e. The number of aryl methyl sites for hydroxylation is 2. The van der Waals surface area contributed by atoms with Gasteiger partial charge in [0.05, 0.1) is 10.9 Å². The average Bonchev–Trinajstić information content (AvgIpc) is 2.84. The standard InChI is InChI=1S/C20H24ClNO2S/c1-15-7-12-19(14-16(15)2)25(23,24)22-13-5-3-4-6-20(22)17-8-10-18(21)11-9-17/h7-12,14,20H,3-6,13H2,1-2H3/t20-/m0/s1. The Bertz CT molecular complexity index is 846. The van der Waals surface area contributed by atoms with Crippen molar-refractivity contribution in [3.63, 3.8) is 0 Å². The third-order valence-electron chi connectivity index (χ3n) is 5.04. The lowest BCUT2D eigenvalue weighted by Gasteiger charge is -2.29. The molecule has 0 bridgehead atoms. The number of rotatable bonds is 3. The first-order chi connectivity index (χ1) is 11.9. The highest BCUT2D eigenvalue weighted by molar-refractivity contribution is 7.89. The van der Waals surface area contributed by atoms with Crippen LogP contribution in [0.2, 0.25) is 5.02 Å². The lowest BCUT2D eigenvalue weighted by atomic mass is 10.0. The number of nitrogens with zero attached hydrogens (tertiary/aromatic N) is 1. The molecule has 0 aliphatic carbocycles. The van der Waals surface area contributed by atoms with Crippen molar-refractivity contribution in [2.75, 3.05) is 6.54 Å². The zero-order chi connectivity index (χ0) is 18.0. The Morgan fingerprint density at radius 2 is 1.68 bits per heavy atom. The molecule has 1 fully saturated rings. The van der Waals surface area contributed by atoms with Gasteiger partial charge in [0.1, 0.15) is 0 Å². The van der Waals surface area contributed by atoms with Crippen LogP contribution in [0, 0.1) is 13.8 Å². The van der Waals surface area contributed by atoms with Gasteiger partial charge in [0, 0.05) is 11.6 Å². The van der Waals surface area contributed by atoms with Crippen molar-refractivity contribution in [1.29, 1.82) is 0 Å². The fraction of sp³-hybridized carbons (Fsp3) is 0.400. The van der Waals surface area contributed by atoms with Crippen LogP contribution < -0.4 is 0 Å². The Morgan fingerprint density at radius 3 is 2.36 bits per heavy atom. The van der Waals surface area contributed by atoms with Crippen molar-refractivity contribution in [1.82, 2.24) is 4.31 Å². The summed E-state index contributed by atoms with van der Waals surface area (Å²) in [6.07, 6.45) is 3.83. The Kier molecular flexibility index (Phi) is 5.52. The Morgan fingerprint density at radius 1 is 0.960 bits per heavy atom. The monoisotopic (exact) mass is 377 g/mol. The average molecular weight is 378 g/mol. The predicted octanol–water partition coefficient (Wildman–Crippen LogP) is 5.26. The van der Waals surface area contributed by atoms with Gasteiger partial charge in [-0.05, 0) is 67.6 Å². The third-order valence-corrected chi connectivity index (χ3v) is 7.20. The summed E-state index contributed by atoms with van der Waals surface area (Å²) in [4.78, 5) is 0.386.